The van der Waals surface area contributed by atoms with Crippen LogP contribution >= 0.6 is 0 Å². The van der Waals surface area contributed by atoms with E-state index >= 15 is 0 Å². The predicted molar refractivity (Wildman–Crippen MR) is 74.6 cm³/mol. The third-order valence-corrected chi connectivity index (χ3v) is 3.16. The SMILES string of the molecule is COc1ccccc1C(C)NCc1ccccc1F. The summed E-state index contributed by atoms with van der Waals surface area (Å²) in [6.45, 7) is 2.53. The Morgan fingerprint density at radius 2 is 1.79 bits per heavy atom. The molecule has 2 aromatic carbocycles. The Balaban J connectivity index is 2.05. The van der Waals surface area contributed by atoms with Crippen LogP contribution in [0.2, 0.25) is 0 Å². The lowest BCUT2D eigenvalue weighted by Crippen LogP contribution is -2.19. The van der Waals surface area contributed by atoms with Crippen LogP contribution in [0, 0.1) is 5.82 Å². The van der Waals surface area contributed by atoms with Gasteiger partial charge in [0.1, 0.15) is 11.6 Å². The smallest absolute Gasteiger partial charge is 0.127 e. The molecule has 100 valence electrons. The van der Waals surface area contributed by atoms with Crippen molar-refractivity contribution in [2.75, 3.05) is 7.11 Å². The minimum Gasteiger partial charge on any atom is -0.496 e. The maximum absolute atomic E-state index is 13.5. The number of nitrogens with one attached hydrogen (secondary N) is 1. The number of hydrogen-bond acceptors (Lipinski definition) is 2. The molecule has 2 aromatic rings. The monoisotopic (exact) mass is 259 g/mol. The summed E-state index contributed by atoms with van der Waals surface area (Å²) in [6, 6.07) is 14.7. The molecule has 3 heteroatoms. The fourth-order valence-electron chi connectivity index (χ4n) is 2.04. The Labute approximate surface area is 113 Å². The standard InChI is InChI=1S/C16H18FNO/c1-12(14-8-4-6-10-16(14)19-2)18-11-13-7-3-5-9-15(13)17/h3-10,12,18H,11H2,1-2H3. The van der Waals surface area contributed by atoms with Crippen LogP contribution in [0.4, 0.5) is 4.39 Å². The molecule has 0 heterocycles. The molecule has 0 spiro atoms. The topological polar surface area (TPSA) is 21.3 Å². The average Bonchev–Trinajstić information content (AvgIpc) is 2.46. The largest absolute Gasteiger partial charge is 0.496 e. The molecule has 0 aromatic heterocycles. The van der Waals surface area contributed by atoms with E-state index in [4.69, 9.17) is 4.74 Å². The molecule has 1 atom stereocenters. The van der Waals surface area contributed by atoms with Crippen LogP contribution in [0.3, 0.4) is 0 Å². The highest BCUT2D eigenvalue weighted by molar-refractivity contribution is 5.35. The van der Waals surface area contributed by atoms with Crippen LogP contribution in [0.15, 0.2) is 48.5 Å². The summed E-state index contributed by atoms with van der Waals surface area (Å²) >= 11 is 0. The molecule has 0 radical (unpaired) electrons. The van der Waals surface area contributed by atoms with Crippen LogP contribution < -0.4 is 10.1 Å². The number of benzene rings is 2. The molecular formula is C16H18FNO. The highest BCUT2D eigenvalue weighted by Gasteiger charge is 2.10. The summed E-state index contributed by atoms with van der Waals surface area (Å²) in [5, 5.41) is 3.31. The van der Waals surface area contributed by atoms with Crippen molar-refractivity contribution in [1.82, 2.24) is 5.32 Å². The van der Waals surface area contributed by atoms with Crippen LogP contribution in [-0.4, -0.2) is 7.11 Å². The van der Waals surface area contributed by atoms with Gasteiger partial charge in [0.15, 0.2) is 0 Å². The molecule has 0 bridgehead atoms. The zero-order valence-electron chi connectivity index (χ0n) is 11.2. The normalized spacial score (nSPS) is 12.2. The molecule has 0 saturated heterocycles. The number of halogens is 1. The average molecular weight is 259 g/mol. The highest BCUT2D eigenvalue weighted by Crippen LogP contribution is 2.24. The Hall–Kier alpha value is -1.87. The lowest BCUT2D eigenvalue weighted by atomic mass is 10.1. The van der Waals surface area contributed by atoms with Crippen LogP contribution in [0.25, 0.3) is 0 Å². The number of methoxy groups -OCH3 is 1. The Morgan fingerprint density at radius 3 is 2.53 bits per heavy atom. The van der Waals surface area contributed by atoms with E-state index in [9.17, 15) is 4.39 Å². The second-order valence-corrected chi connectivity index (χ2v) is 4.44. The first-order chi connectivity index (χ1) is 9.22. The number of ether oxygens (including phenoxy) is 1. The summed E-state index contributed by atoms with van der Waals surface area (Å²) in [6.07, 6.45) is 0. The third kappa shape index (κ3) is 3.32. The minimum absolute atomic E-state index is 0.0933. The van der Waals surface area contributed by atoms with Crippen molar-refractivity contribution >= 4 is 0 Å². The van der Waals surface area contributed by atoms with Crippen molar-refractivity contribution < 1.29 is 9.13 Å². The molecule has 0 aliphatic rings. The van der Waals surface area contributed by atoms with Gasteiger partial charge in [-0.1, -0.05) is 36.4 Å². The van der Waals surface area contributed by atoms with Crippen molar-refractivity contribution in [1.29, 1.82) is 0 Å². The van der Waals surface area contributed by atoms with Crippen molar-refractivity contribution in [3.63, 3.8) is 0 Å². The van der Waals surface area contributed by atoms with Gasteiger partial charge in [-0.3, -0.25) is 0 Å². The molecule has 1 unspecified atom stereocenters. The van der Waals surface area contributed by atoms with E-state index < -0.39 is 0 Å². The van der Waals surface area contributed by atoms with Crippen molar-refractivity contribution in [3.05, 3.63) is 65.5 Å². The Morgan fingerprint density at radius 1 is 1.11 bits per heavy atom. The lowest BCUT2D eigenvalue weighted by molar-refractivity contribution is 0.401. The van der Waals surface area contributed by atoms with Gasteiger partial charge in [-0.2, -0.15) is 0 Å². The van der Waals surface area contributed by atoms with Gasteiger partial charge in [-0.15, -0.1) is 0 Å². The summed E-state index contributed by atoms with van der Waals surface area (Å²) in [4.78, 5) is 0. The summed E-state index contributed by atoms with van der Waals surface area (Å²) in [5.41, 5.74) is 1.74. The van der Waals surface area contributed by atoms with Crippen molar-refractivity contribution in [3.8, 4) is 5.75 Å². The zero-order chi connectivity index (χ0) is 13.7. The molecule has 0 aliphatic carbocycles. The molecule has 2 rings (SSSR count). The maximum Gasteiger partial charge on any atom is 0.127 e. The Kier molecular flexibility index (Phi) is 4.53. The molecule has 2 nitrogen and oxygen atoms in total. The van der Waals surface area contributed by atoms with Gasteiger partial charge in [0.25, 0.3) is 0 Å². The van der Waals surface area contributed by atoms with Crippen molar-refractivity contribution in [2.45, 2.75) is 19.5 Å². The van der Waals surface area contributed by atoms with E-state index in [0.29, 0.717) is 12.1 Å². The van der Waals surface area contributed by atoms with Gasteiger partial charge in [0.05, 0.1) is 7.11 Å². The van der Waals surface area contributed by atoms with Gasteiger partial charge < -0.3 is 10.1 Å². The van der Waals surface area contributed by atoms with Crippen LogP contribution in [0.5, 0.6) is 5.75 Å². The molecule has 0 aliphatic heterocycles. The molecule has 1 N–H and O–H groups in total. The summed E-state index contributed by atoms with van der Waals surface area (Å²) < 4.78 is 18.9. The lowest BCUT2D eigenvalue weighted by Gasteiger charge is -2.17. The maximum atomic E-state index is 13.5. The van der Waals surface area contributed by atoms with E-state index in [1.807, 2.05) is 37.3 Å². The van der Waals surface area contributed by atoms with E-state index in [-0.39, 0.29) is 11.9 Å². The number of para-hydroxylation sites is 1. The summed E-state index contributed by atoms with van der Waals surface area (Å²) in [7, 11) is 1.66. The second-order valence-electron chi connectivity index (χ2n) is 4.44. The third-order valence-electron chi connectivity index (χ3n) is 3.16. The molecule has 0 amide bonds. The quantitative estimate of drug-likeness (QED) is 0.884. The van der Waals surface area contributed by atoms with E-state index in [1.165, 1.54) is 6.07 Å². The first-order valence-electron chi connectivity index (χ1n) is 6.32. The van der Waals surface area contributed by atoms with Gasteiger partial charge in [0, 0.05) is 23.7 Å². The van der Waals surface area contributed by atoms with Gasteiger partial charge in [-0.25, -0.2) is 4.39 Å². The predicted octanol–water partition coefficient (Wildman–Crippen LogP) is 3.69. The molecular weight excluding hydrogens is 241 g/mol. The fourth-order valence-corrected chi connectivity index (χ4v) is 2.04. The zero-order valence-corrected chi connectivity index (χ0v) is 11.2. The van der Waals surface area contributed by atoms with Crippen molar-refractivity contribution in [2.24, 2.45) is 0 Å². The van der Waals surface area contributed by atoms with E-state index in [1.54, 1.807) is 19.2 Å². The highest BCUT2D eigenvalue weighted by atomic mass is 19.1. The van der Waals surface area contributed by atoms with E-state index in [0.717, 1.165) is 11.3 Å². The minimum atomic E-state index is -0.178. The number of rotatable bonds is 5. The molecule has 19 heavy (non-hydrogen) atoms. The van der Waals surface area contributed by atoms with E-state index in [2.05, 4.69) is 5.32 Å². The van der Waals surface area contributed by atoms with Gasteiger partial charge >= 0.3 is 0 Å². The van der Waals surface area contributed by atoms with Crippen LogP contribution in [0.1, 0.15) is 24.1 Å². The second kappa shape index (κ2) is 6.34. The fraction of sp³-hybridized carbons (Fsp3) is 0.250. The van der Waals surface area contributed by atoms with Gasteiger partial charge in [0.2, 0.25) is 0 Å². The first kappa shape index (κ1) is 13.6. The summed E-state index contributed by atoms with van der Waals surface area (Å²) in [5.74, 6) is 0.665. The Bertz CT molecular complexity index is 542. The first-order valence-corrected chi connectivity index (χ1v) is 6.32. The molecule has 0 fully saturated rings. The number of hydrogen-bond donors (Lipinski definition) is 1. The van der Waals surface area contributed by atoms with Gasteiger partial charge in [-0.05, 0) is 19.1 Å². The molecule has 0 saturated carbocycles. The van der Waals surface area contributed by atoms with Crippen LogP contribution in [-0.2, 0) is 6.54 Å².